The number of ketones is 1. The second-order valence-electron chi connectivity index (χ2n) is 3.79. The first-order valence-electron chi connectivity index (χ1n) is 5.12. The number of alkyl halides is 3. The summed E-state index contributed by atoms with van der Waals surface area (Å²) in [6.45, 7) is 1.60. The maximum Gasteiger partial charge on any atom is 0.419 e. The van der Waals surface area contributed by atoms with Crippen LogP contribution in [0.3, 0.4) is 0 Å². The number of hydrogen-bond donors (Lipinski definition) is 0. The van der Waals surface area contributed by atoms with E-state index in [9.17, 15) is 22.4 Å². The van der Waals surface area contributed by atoms with E-state index < -0.39 is 23.3 Å². The fourth-order valence-corrected chi connectivity index (χ4v) is 2.30. The summed E-state index contributed by atoms with van der Waals surface area (Å²) in [4.78, 5) is 16.1. The second-order valence-corrected chi connectivity index (χ2v) is 4.64. The van der Waals surface area contributed by atoms with Crippen LogP contribution < -0.4 is 0 Å². The van der Waals surface area contributed by atoms with Gasteiger partial charge in [0.2, 0.25) is 5.78 Å². The normalized spacial score (nSPS) is 11.6. The highest BCUT2D eigenvalue weighted by molar-refractivity contribution is 7.12. The number of carbonyl (C=O) groups excluding carboxylic acids is 1. The zero-order chi connectivity index (χ0) is 14.2. The quantitative estimate of drug-likeness (QED) is 0.621. The molecule has 0 radical (unpaired) electrons. The molecular formula is C12H7F4NOS. The molecule has 2 nitrogen and oxygen atoms in total. The number of hydrogen-bond acceptors (Lipinski definition) is 3. The van der Waals surface area contributed by atoms with Crippen molar-refractivity contribution in [2.75, 3.05) is 0 Å². The van der Waals surface area contributed by atoms with E-state index in [1.165, 1.54) is 5.51 Å². The minimum atomic E-state index is -4.77. The molecule has 0 amide bonds. The first-order valence-corrected chi connectivity index (χ1v) is 6.00. The predicted octanol–water partition coefficient (Wildman–Crippen LogP) is 3.84. The zero-order valence-electron chi connectivity index (χ0n) is 9.58. The fourth-order valence-electron chi connectivity index (χ4n) is 1.54. The molecule has 0 aliphatic rings. The maximum atomic E-state index is 13.4. The van der Waals surface area contributed by atoms with Crippen molar-refractivity contribution in [2.45, 2.75) is 13.1 Å². The summed E-state index contributed by atoms with van der Waals surface area (Å²) in [5.41, 5.74) is 0.404. The monoisotopic (exact) mass is 289 g/mol. The largest absolute Gasteiger partial charge is 0.419 e. The summed E-state index contributed by atoms with van der Waals surface area (Å²) in [6, 6.07) is 2.14. The Balaban J connectivity index is 2.41. The minimum absolute atomic E-state index is 0.127. The molecule has 100 valence electrons. The van der Waals surface area contributed by atoms with Crippen molar-refractivity contribution in [2.24, 2.45) is 0 Å². The van der Waals surface area contributed by atoms with Gasteiger partial charge in [0.25, 0.3) is 0 Å². The highest BCUT2D eigenvalue weighted by Gasteiger charge is 2.34. The van der Waals surface area contributed by atoms with Crippen LogP contribution in [0.4, 0.5) is 17.6 Å². The molecule has 0 aliphatic carbocycles. The average Bonchev–Trinajstić information content (AvgIpc) is 2.72. The van der Waals surface area contributed by atoms with Gasteiger partial charge in [-0.3, -0.25) is 4.79 Å². The number of rotatable bonds is 2. The Morgan fingerprint density at radius 3 is 2.47 bits per heavy atom. The van der Waals surface area contributed by atoms with Gasteiger partial charge in [-0.1, -0.05) is 6.07 Å². The lowest BCUT2D eigenvalue weighted by Gasteiger charge is -2.08. The third-order valence-corrected chi connectivity index (χ3v) is 3.42. The van der Waals surface area contributed by atoms with Crippen molar-refractivity contribution in [1.82, 2.24) is 4.98 Å². The smallest absolute Gasteiger partial charge is 0.288 e. The molecule has 2 aromatic rings. The fraction of sp³-hybridized carbons (Fsp3) is 0.167. The SMILES string of the molecule is Cc1ncsc1C(=O)c1ccc(C(F)(F)F)c(F)c1. The molecule has 0 bridgehead atoms. The third-order valence-electron chi connectivity index (χ3n) is 2.49. The molecule has 0 spiro atoms. The Hall–Kier alpha value is -1.76. The Kier molecular flexibility index (Phi) is 3.40. The molecule has 1 aromatic heterocycles. The molecule has 0 N–H and O–H groups in total. The Bertz CT molecular complexity index is 633. The number of halogens is 4. The second kappa shape index (κ2) is 4.73. The zero-order valence-corrected chi connectivity index (χ0v) is 10.4. The standard InChI is InChI=1S/C12H7F4NOS/c1-6-11(19-5-17-6)10(18)7-2-3-8(9(13)4-7)12(14,15)16/h2-5H,1H3. The van der Waals surface area contributed by atoms with Gasteiger partial charge in [-0.25, -0.2) is 9.37 Å². The molecule has 2 rings (SSSR count). The average molecular weight is 289 g/mol. The number of benzene rings is 1. The van der Waals surface area contributed by atoms with Crippen molar-refractivity contribution < 1.29 is 22.4 Å². The Labute approximate surface area is 109 Å². The molecule has 0 unspecified atom stereocenters. The van der Waals surface area contributed by atoms with Crippen LogP contribution in [0.25, 0.3) is 0 Å². The topological polar surface area (TPSA) is 30.0 Å². The van der Waals surface area contributed by atoms with Gasteiger partial charge >= 0.3 is 6.18 Å². The summed E-state index contributed by atoms with van der Waals surface area (Å²) in [5.74, 6) is -1.99. The molecule has 7 heteroatoms. The lowest BCUT2D eigenvalue weighted by Crippen LogP contribution is -2.10. The number of carbonyl (C=O) groups is 1. The van der Waals surface area contributed by atoms with Crippen molar-refractivity contribution in [1.29, 1.82) is 0 Å². The first kappa shape index (κ1) is 13.7. The van der Waals surface area contributed by atoms with Gasteiger partial charge in [0, 0.05) is 5.56 Å². The molecule has 1 heterocycles. The van der Waals surface area contributed by atoms with Gasteiger partial charge in [0.05, 0.1) is 21.6 Å². The van der Waals surface area contributed by atoms with E-state index in [4.69, 9.17) is 0 Å². The lowest BCUT2D eigenvalue weighted by atomic mass is 10.1. The van der Waals surface area contributed by atoms with Gasteiger partial charge < -0.3 is 0 Å². The first-order chi connectivity index (χ1) is 8.80. The van der Waals surface area contributed by atoms with Crippen LogP contribution >= 0.6 is 11.3 Å². The Morgan fingerprint density at radius 2 is 2.00 bits per heavy atom. The minimum Gasteiger partial charge on any atom is -0.288 e. The third kappa shape index (κ3) is 2.65. The van der Waals surface area contributed by atoms with Crippen LogP contribution in [-0.4, -0.2) is 10.8 Å². The summed E-state index contributed by atoms with van der Waals surface area (Å²) in [5, 5.41) is 0. The molecule has 0 atom stereocenters. The molecule has 0 fully saturated rings. The summed E-state index contributed by atoms with van der Waals surface area (Å²) in [7, 11) is 0. The molecule has 0 aliphatic heterocycles. The molecular weight excluding hydrogens is 282 g/mol. The van der Waals surface area contributed by atoms with E-state index in [0.29, 0.717) is 22.7 Å². The van der Waals surface area contributed by atoms with Gasteiger partial charge in [-0.2, -0.15) is 13.2 Å². The van der Waals surface area contributed by atoms with E-state index in [0.717, 1.165) is 17.4 Å². The van der Waals surface area contributed by atoms with E-state index in [-0.39, 0.29) is 5.56 Å². The van der Waals surface area contributed by atoms with E-state index in [1.54, 1.807) is 6.92 Å². The van der Waals surface area contributed by atoms with Crippen LogP contribution in [0.5, 0.6) is 0 Å². The number of nitrogens with zero attached hydrogens (tertiary/aromatic N) is 1. The summed E-state index contributed by atoms with van der Waals surface area (Å²) >= 11 is 1.06. The van der Waals surface area contributed by atoms with Crippen LogP contribution in [-0.2, 0) is 6.18 Å². The lowest BCUT2D eigenvalue weighted by molar-refractivity contribution is -0.140. The molecule has 0 saturated carbocycles. The van der Waals surface area contributed by atoms with Crippen LogP contribution in [0, 0.1) is 12.7 Å². The van der Waals surface area contributed by atoms with Gasteiger partial charge in [0.15, 0.2) is 0 Å². The summed E-state index contributed by atoms with van der Waals surface area (Å²) in [6.07, 6.45) is -4.77. The number of aromatic nitrogens is 1. The molecule has 1 aromatic carbocycles. The maximum absolute atomic E-state index is 13.4. The van der Waals surface area contributed by atoms with Crippen molar-refractivity contribution in [3.63, 3.8) is 0 Å². The van der Waals surface area contributed by atoms with Gasteiger partial charge in [-0.15, -0.1) is 11.3 Å². The predicted molar refractivity (Wildman–Crippen MR) is 61.7 cm³/mol. The van der Waals surface area contributed by atoms with E-state index >= 15 is 0 Å². The van der Waals surface area contributed by atoms with Gasteiger partial charge in [0.1, 0.15) is 5.82 Å². The highest BCUT2D eigenvalue weighted by Crippen LogP contribution is 2.32. The van der Waals surface area contributed by atoms with Gasteiger partial charge in [-0.05, 0) is 19.1 Å². The number of thiazole rings is 1. The van der Waals surface area contributed by atoms with Crippen LogP contribution in [0.2, 0.25) is 0 Å². The van der Waals surface area contributed by atoms with Crippen LogP contribution in [0.15, 0.2) is 23.7 Å². The van der Waals surface area contributed by atoms with Crippen molar-refractivity contribution >= 4 is 17.1 Å². The highest BCUT2D eigenvalue weighted by atomic mass is 32.1. The molecule has 19 heavy (non-hydrogen) atoms. The van der Waals surface area contributed by atoms with E-state index in [1.807, 2.05) is 0 Å². The van der Waals surface area contributed by atoms with Crippen molar-refractivity contribution in [3.8, 4) is 0 Å². The van der Waals surface area contributed by atoms with Crippen molar-refractivity contribution in [3.05, 3.63) is 51.2 Å². The molecule has 0 saturated heterocycles. The van der Waals surface area contributed by atoms with Crippen LogP contribution in [0.1, 0.15) is 26.5 Å². The van der Waals surface area contributed by atoms with E-state index in [2.05, 4.69) is 4.98 Å². The number of aryl methyl sites for hydroxylation is 1. The summed E-state index contributed by atoms with van der Waals surface area (Å²) < 4.78 is 50.5. The Morgan fingerprint density at radius 1 is 1.32 bits per heavy atom.